The Balaban J connectivity index is 0.00000400. The van der Waals surface area contributed by atoms with Crippen molar-refractivity contribution in [2.75, 3.05) is 18.4 Å². The van der Waals surface area contributed by atoms with Crippen LogP contribution in [0.5, 0.6) is 0 Å². The summed E-state index contributed by atoms with van der Waals surface area (Å²) in [6.45, 7) is 0.166. The van der Waals surface area contributed by atoms with E-state index in [1.807, 2.05) is 30.3 Å². The minimum atomic E-state index is -4.48. The molecule has 4 N–H and O–H groups in total. The molecule has 4 rings (SSSR count). The van der Waals surface area contributed by atoms with Crippen LogP contribution < -0.4 is 16.4 Å². The molecule has 0 fully saturated rings. The number of halogens is 4. The number of benzene rings is 2. The van der Waals surface area contributed by atoms with Gasteiger partial charge in [0, 0.05) is 36.3 Å². The van der Waals surface area contributed by atoms with E-state index < -0.39 is 11.7 Å². The van der Waals surface area contributed by atoms with Gasteiger partial charge in [0.1, 0.15) is 0 Å². The van der Waals surface area contributed by atoms with Gasteiger partial charge >= 0.3 is 6.18 Å². The monoisotopic (exact) mass is 542 g/mol. The first-order valence-electron chi connectivity index (χ1n) is 11.6. The molecule has 0 unspecified atom stereocenters. The number of anilines is 1. The molecule has 7 nitrogen and oxygen atoms in total. The molecule has 2 aromatic carbocycles. The number of alkyl halides is 3. The van der Waals surface area contributed by atoms with Crippen LogP contribution in [-0.2, 0) is 17.4 Å². The minimum absolute atomic E-state index is 0. The fourth-order valence-electron chi connectivity index (χ4n) is 3.85. The van der Waals surface area contributed by atoms with E-state index in [0.717, 1.165) is 17.7 Å². The Bertz CT molecular complexity index is 1340. The van der Waals surface area contributed by atoms with E-state index in [4.69, 9.17) is 5.73 Å². The standard InChI is InChI=1S/C27H25F3N6O.ClH/c28-27(29,30)21-8-4-7-20(14-21)23-17-34-26(36-25(23)19-9-11-32-12-10-19)33-16-22(35-24(37)15-31)13-18-5-2-1-3-6-18;/h1-12,14,17,22H,13,15-16,31H2,(H,35,37)(H,33,34,36);1H/t22-;/m0./s1. The lowest BCUT2D eigenvalue weighted by Crippen LogP contribution is -2.44. The quantitative estimate of drug-likeness (QED) is 0.282. The lowest BCUT2D eigenvalue weighted by Gasteiger charge is -2.20. The highest BCUT2D eigenvalue weighted by atomic mass is 35.5. The van der Waals surface area contributed by atoms with Gasteiger partial charge in [0.2, 0.25) is 11.9 Å². The Kier molecular flexibility index (Phi) is 9.75. The molecule has 0 spiro atoms. The Labute approximate surface area is 224 Å². The normalized spacial score (nSPS) is 11.8. The van der Waals surface area contributed by atoms with Crippen LogP contribution in [0.4, 0.5) is 19.1 Å². The highest BCUT2D eigenvalue weighted by molar-refractivity contribution is 5.85. The van der Waals surface area contributed by atoms with Crippen LogP contribution in [0.15, 0.2) is 85.3 Å². The number of nitrogens with zero attached hydrogens (tertiary/aromatic N) is 3. The van der Waals surface area contributed by atoms with Crippen molar-refractivity contribution in [2.45, 2.75) is 18.6 Å². The van der Waals surface area contributed by atoms with Crippen molar-refractivity contribution in [1.29, 1.82) is 0 Å². The molecule has 0 aliphatic heterocycles. The maximum Gasteiger partial charge on any atom is 0.416 e. The second-order valence-corrected chi connectivity index (χ2v) is 8.31. The van der Waals surface area contributed by atoms with Gasteiger partial charge in [-0.1, -0.05) is 42.5 Å². The molecular formula is C27H26ClF3N6O. The maximum absolute atomic E-state index is 13.3. The van der Waals surface area contributed by atoms with E-state index in [-0.39, 0.29) is 36.8 Å². The van der Waals surface area contributed by atoms with E-state index in [2.05, 4.69) is 25.6 Å². The van der Waals surface area contributed by atoms with Gasteiger partial charge in [-0.3, -0.25) is 9.78 Å². The van der Waals surface area contributed by atoms with E-state index in [9.17, 15) is 18.0 Å². The van der Waals surface area contributed by atoms with Crippen LogP contribution in [0.1, 0.15) is 11.1 Å². The molecule has 1 atom stereocenters. The summed E-state index contributed by atoms with van der Waals surface area (Å²) in [4.78, 5) is 25.0. The van der Waals surface area contributed by atoms with Gasteiger partial charge < -0.3 is 16.4 Å². The summed E-state index contributed by atoms with van der Waals surface area (Å²) in [5.74, 6) is -0.0244. The zero-order valence-electron chi connectivity index (χ0n) is 20.2. The van der Waals surface area contributed by atoms with Crippen LogP contribution in [0, 0.1) is 0 Å². The van der Waals surface area contributed by atoms with Crippen molar-refractivity contribution in [3.8, 4) is 22.4 Å². The molecule has 2 heterocycles. The average Bonchev–Trinajstić information content (AvgIpc) is 2.92. The topological polar surface area (TPSA) is 106 Å². The van der Waals surface area contributed by atoms with Gasteiger partial charge in [0.25, 0.3) is 0 Å². The fraction of sp³-hybridized carbons (Fsp3) is 0.185. The van der Waals surface area contributed by atoms with Crippen molar-refractivity contribution in [3.63, 3.8) is 0 Å². The van der Waals surface area contributed by atoms with Gasteiger partial charge in [-0.2, -0.15) is 13.2 Å². The summed E-state index contributed by atoms with van der Waals surface area (Å²) in [6.07, 6.45) is 0.735. The number of nitrogens with one attached hydrogen (secondary N) is 2. The predicted molar refractivity (Wildman–Crippen MR) is 143 cm³/mol. The molecular weight excluding hydrogens is 517 g/mol. The van der Waals surface area contributed by atoms with Crippen molar-refractivity contribution >= 4 is 24.3 Å². The number of hydrogen-bond donors (Lipinski definition) is 3. The van der Waals surface area contributed by atoms with Gasteiger partial charge in [-0.05, 0) is 41.8 Å². The van der Waals surface area contributed by atoms with Crippen molar-refractivity contribution in [2.24, 2.45) is 5.73 Å². The van der Waals surface area contributed by atoms with Crippen LogP contribution in [0.3, 0.4) is 0 Å². The molecule has 4 aromatic rings. The van der Waals surface area contributed by atoms with Gasteiger partial charge in [0.05, 0.1) is 23.8 Å². The van der Waals surface area contributed by atoms with Crippen molar-refractivity contribution < 1.29 is 18.0 Å². The average molecular weight is 543 g/mol. The van der Waals surface area contributed by atoms with Crippen molar-refractivity contribution in [1.82, 2.24) is 20.3 Å². The first-order chi connectivity index (χ1) is 17.8. The molecule has 38 heavy (non-hydrogen) atoms. The second-order valence-electron chi connectivity index (χ2n) is 8.31. The summed E-state index contributed by atoms with van der Waals surface area (Å²) in [5.41, 5.74) is 7.66. The zero-order valence-corrected chi connectivity index (χ0v) is 21.0. The van der Waals surface area contributed by atoms with Gasteiger partial charge in [-0.25, -0.2) is 9.97 Å². The summed E-state index contributed by atoms with van der Waals surface area (Å²) in [6, 6.07) is 17.9. The van der Waals surface area contributed by atoms with Crippen molar-refractivity contribution in [3.05, 3.63) is 96.4 Å². The maximum atomic E-state index is 13.3. The number of carbonyl (C=O) groups excluding carboxylic acids is 1. The number of aromatic nitrogens is 3. The second kappa shape index (κ2) is 13.0. The van der Waals surface area contributed by atoms with Crippen LogP contribution in [-0.4, -0.2) is 40.0 Å². The highest BCUT2D eigenvalue weighted by Gasteiger charge is 2.30. The summed E-state index contributed by atoms with van der Waals surface area (Å²) in [5, 5.41) is 6.04. The molecule has 198 valence electrons. The Morgan fingerprint density at radius 3 is 2.39 bits per heavy atom. The molecule has 0 saturated heterocycles. The molecule has 2 aromatic heterocycles. The number of nitrogens with two attached hydrogens (primary N) is 1. The van der Waals surface area contributed by atoms with Crippen LogP contribution in [0.25, 0.3) is 22.4 Å². The molecule has 0 aliphatic rings. The third-order valence-electron chi connectivity index (χ3n) is 5.63. The molecule has 0 aliphatic carbocycles. The number of rotatable bonds is 9. The largest absolute Gasteiger partial charge is 0.416 e. The summed E-state index contributed by atoms with van der Waals surface area (Å²) < 4.78 is 40.0. The molecule has 0 radical (unpaired) electrons. The minimum Gasteiger partial charge on any atom is -0.352 e. The first-order valence-corrected chi connectivity index (χ1v) is 11.6. The first kappa shape index (κ1) is 28.5. The molecule has 0 saturated carbocycles. The van der Waals surface area contributed by atoms with E-state index in [1.165, 1.54) is 12.3 Å². The van der Waals surface area contributed by atoms with Gasteiger partial charge in [0.15, 0.2) is 0 Å². The van der Waals surface area contributed by atoms with E-state index >= 15 is 0 Å². The lowest BCUT2D eigenvalue weighted by atomic mass is 9.99. The summed E-state index contributed by atoms with van der Waals surface area (Å²) >= 11 is 0. The Hall–Kier alpha value is -4.02. The van der Waals surface area contributed by atoms with E-state index in [1.54, 1.807) is 30.6 Å². The summed E-state index contributed by atoms with van der Waals surface area (Å²) in [7, 11) is 0. The molecule has 11 heteroatoms. The van der Waals surface area contributed by atoms with Crippen LogP contribution >= 0.6 is 12.4 Å². The van der Waals surface area contributed by atoms with E-state index in [0.29, 0.717) is 35.3 Å². The number of amides is 1. The predicted octanol–water partition coefficient (Wildman–Crippen LogP) is 4.74. The lowest BCUT2D eigenvalue weighted by molar-refractivity contribution is -0.137. The van der Waals surface area contributed by atoms with Gasteiger partial charge in [-0.15, -0.1) is 12.4 Å². The highest BCUT2D eigenvalue weighted by Crippen LogP contribution is 2.35. The molecule has 1 amide bonds. The number of carbonyl (C=O) groups is 1. The third-order valence-corrected chi connectivity index (χ3v) is 5.63. The third kappa shape index (κ3) is 7.50. The Morgan fingerprint density at radius 1 is 0.974 bits per heavy atom. The fourth-order valence-corrected chi connectivity index (χ4v) is 3.85. The molecule has 0 bridgehead atoms. The Morgan fingerprint density at radius 2 is 1.71 bits per heavy atom. The zero-order chi connectivity index (χ0) is 26.3. The number of hydrogen-bond acceptors (Lipinski definition) is 6. The smallest absolute Gasteiger partial charge is 0.352 e. The SMILES string of the molecule is Cl.NCC(=O)N[C@H](CNc1ncc(-c2cccc(C(F)(F)F)c2)c(-c2ccncc2)n1)Cc1ccccc1. The number of pyridine rings is 1. The van der Waals surface area contributed by atoms with Crippen LogP contribution in [0.2, 0.25) is 0 Å².